The molecule has 5 rings (SSSR count). The van der Waals surface area contributed by atoms with Crippen LogP contribution in [0.15, 0.2) is 112 Å². The Kier molecular flexibility index (Phi) is 6.48. The van der Waals surface area contributed by atoms with Crippen molar-refractivity contribution in [1.82, 2.24) is 0 Å². The van der Waals surface area contributed by atoms with Crippen molar-refractivity contribution in [3.8, 4) is 28.6 Å². The van der Waals surface area contributed by atoms with Gasteiger partial charge in [0.15, 0.2) is 16.8 Å². The van der Waals surface area contributed by atoms with Gasteiger partial charge in [-0.05, 0) is 11.1 Å². The maximum atomic E-state index is 13.3. The number of ether oxygens (including phenoxy) is 3. The van der Waals surface area contributed by atoms with E-state index in [1.807, 2.05) is 91.0 Å². The molecular formula is C30H24O5. The lowest BCUT2D eigenvalue weighted by Gasteiger charge is -2.16. The molecule has 0 spiro atoms. The van der Waals surface area contributed by atoms with E-state index in [0.717, 1.165) is 16.7 Å². The van der Waals surface area contributed by atoms with Gasteiger partial charge in [0.25, 0.3) is 0 Å². The highest BCUT2D eigenvalue weighted by atomic mass is 16.5. The third kappa shape index (κ3) is 4.89. The number of methoxy groups -OCH3 is 1. The molecule has 5 aromatic rings. The standard InChI is InChI=1S/C30H24O5/c1-32-29-27(34-20-22-13-7-3-8-14-22)18-26(33-19-21-11-5-2-6-12-21)28-24(31)17-25(35-30(28)29)23-15-9-4-10-16-23/h2-18H,19-20H2,1H3. The van der Waals surface area contributed by atoms with E-state index < -0.39 is 0 Å². The van der Waals surface area contributed by atoms with Crippen molar-refractivity contribution in [2.75, 3.05) is 7.11 Å². The molecule has 0 amide bonds. The Morgan fingerprint density at radius 3 is 1.80 bits per heavy atom. The fourth-order valence-electron chi connectivity index (χ4n) is 3.89. The minimum atomic E-state index is -0.221. The van der Waals surface area contributed by atoms with Crippen molar-refractivity contribution in [2.45, 2.75) is 13.2 Å². The van der Waals surface area contributed by atoms with Crippen molar-refractivity contribution < 1.29 is 18.6 Å². The Hall–Kier alpha value is -4.51. The van der Waals surface area contributed by atoms with Crippen LogP contribution in [0.2, 0.25) is 0 Å². The average Bonchev–Trinajstić information content (AvgIpc) is 2.92. The molecule has 35 heavy (non-hydrogen) atoms. The second kappa shape index (κ2) is 10.2. The first kappa shape index (κ1) is 22.3. The molecule has 0 saturated heterocycles. The summed E-state index contributed by atoms with van der Waals surface area (Å²) in [7, 11) is 1.53. The van der Waals surface area contributed by atoms with Crippen molar-refractivity contribution in [2.24, 2.45) is 0 Å². The molecule has 0 aliphatic carbocycles. The minimum absolute atomic E-state index is 0.221. The first-order valence-corrected chi connectivity index (χ1v) is 11.3. The van der Waals surface area contributed by atoms with Crippen LogP contribution in [0, 0.1) is 0 Å². The zero-order valence-corrected chi connectivity index (χ0v) is 19.3. The Bertz CT molecular complexity index is 1480. The summed E-state index contributed by atoms with van der Waals surface area (Å²) in [6.45, 7) is 0.615. The molecule has 0 saturated carbocycles. The monoisotopic (exact) mass is 464 g/mol. The Labute approximate surface area is 203 Å². The second-order valence-electron chi connectivity index (χ2n) is 8.00. The van der Waals surface area contributed by atoms with E-state index in [0.29, 0.717) is 41.6 Å². The van der Waals surface area contributed by atoms with Crippen LogP contribution in [0.3, 0.4) is 0 Å². The van der Waals surface area contributed by atoms with Gasteiger partial charge in [0.2, 0.25) is 5.75 Å². The van der Waals surface area contributed by atoms with Crippen LogP contribution in [0.4, 0.5) is 0 Å². The summed E-state index contributed by atoms with van der Waals surface area (Å²) >= 11 is 0. The van der Waals surface area contributed by atoms with E-state index in [-0.39, 0.29) is 11.0 Å². The van der Waals surface area contributed by atoms with Crippen molar-refractivity contribution in [1.29, 1.82) is 0 Å². The molecule has 5 heteroatoms. The van der Waals surface area contributed by atoms with Crippen LogP contribution in [-0.2, 0) is 13.2 Å². The Balaban J connectivity index is 1.63. The third-order valence-electron chi connectivity index (χ3n) is 5.62. The van der Waals surface area contributed by atoms with Crippen LogP contribution < -0.4 is 19.6 Å². The van der Waals surface area contributed by atoms with Crippen molar-refractivity contribution in [3.05, 3.63) is 124 Å². The van der Waals surface area contributed by atoms with Gasteiger partial charge in [-0.25, -0.2) is 0 Å². The normalized spacial score (nSPS) is 10.8. The second-order valence-corrected chi connectivity index (χ2v) is 8.00. The molecular weight excluding hydrogens is 440 g/mol. The van der Waals surface area contributed by atoms with Crippen LogP contribution in [0.25, 0.3) is 22.3 Å². The first-order valence-electron chi connectivity index (χ1n) is 11.3. The predicted octanol–water partition coefficient (Wildman–Crippen LogP) is 6.63. The SMILES string of the molecule is COc1c(OCc2ccccc2)cc(OCc2ccccc2)c2c(=O)cc(-c3ccccc3)oc12. The van der Waals surface area contributed by atoms with E-state index >= 15 is 0 Å². The lowest BCUT2D eigenvalue weighted by Crippen LogP contribution is -2.07. The summed E-state index contributed by atoms with van der Waals surface area (Å²) < 4.78 is 24.2. The molecule has 0 bridgehead atoms. The summed E-state index contributed by atoms with van der Waals surface area (Å²) in [4.78, 5) is 13.3. The van der Waals surface area contributed by atoms with Crippen LogP contribution in [0.5, 0.6) is 17.2 Å². The summed E-state index contributed by atoms with van der Waals surface area (Å²) in [5.74, 6) is 1.59. The van der Waals surface area contributed by atoms with Gasteiger partial charge in [-0.2, -0.15) is 0 Å². The highest BCUT2D eigenvalue weighted by Crippen LogP contribution is 2.42. The van der Waals surface area contributed by atoms with Gasteiger partial charge in [-0.1, -0.05) is 91.0 Å². The molecule has 0 fully saturated rings. The van der Waals surface area contributed by atoms with Gasteiger partial charge in [0.1, 0.15) is 30.1 Å². The topological polar surface area (TPSA) is 57.9 Å². The number of hydrogen-bond donors (Lipinski definition) is 0. The van der Waals surface area contributed by atoms with Gasteiger partial charge < -0.3 is 18.6 Å². The quantitative estimate of drug-likeness (QED) is 0.258. The van der Waals surface area contributed by atoms with E-state index in [1.165, 1.54) is 13.2 Å². The van der Waals surface area contributed by atoms with Gasteiger partial charge in [-0.15, -0.1) is 0 Å². The molecule has 0 unspecified atom stereocenters. The predicted molar refractivity (Wildman–Crippen MR) is 136 cm³/mol. The molecule has 5 nitrogen and oxygen atoms in total. The minimum Gasteiger partial charge on any atom is -0.490 e. The molecule has 0 radical (unpaired) electrons. The van der Waals surface area contributed by atoms with E-state index in [1.54, 1.807) is 6.07 Å². The molecule has 1 heterocycles. The molecule has 0 aliphatic heterocycles. The third-order valence-corrected chi connectivity index (χ3v) is 5.62. The number of rotatable bonds is 8. The highest BCUT2D eigenvalue weighted by molar-refractivity contribution is 5.92. The van der Waals surface area contributed by atoms with Crippen molar-refractivity contribution in [3.63, 3.8) is 0 Å². The van der Waals surface area contributed by atoms with Crippen molar-refractivity contribution >= 4 is 11.0 Å². The zero-order valence-electron chi connectivity index (χ0n) is 19.3. The zero-order chi connectivity index (χ0) is 24.0. The van der Waals surface area contributed by atoms with Crippen LogP contribution >= 0.6 is 0 Å². The maximum absolute atomic E-state index is 13.3. The van der Waals surface area contributed by atoms with Crippen LogP contribution in [0.1, 0.15) is 11.1 Å². The van der Waals surface area contributed by atoms with Gasteiger partial charge in [0, 0.05) is 17.7 Å². The highest BCUT2D eigenvalue weighted by Gasteiger charge is 2.21. The first-order chi connectivity index (χ1) is 17.2. The Morgan fingerprint density at radius 1 is 0.686 bits per heavy atom. The molecule has 0 atom stereocenters. The van der Waals surface area contributed by atoms with E-state index in [9.17, 15) is 4.79 Å². The smallest absolute Gasteiger partial charge is 0.205 e. The number of benzene rings is 4. The molecule has 0 N–H and O–H groups in total. The average molecular weight is 465 g/mol. The molecule has 1 aromatic heterocycles. The maximum Gasteiger partial charge on any atom is 0.205 e. The largest absolute Gasteiger partial charge is 0.490 e. The van der Waals surface area contributed by atoms with Crippen LogP contribution in [-0.4, -0.2) is 7.11 Å². The number of fused-ring (bicyclic) bond motifs is 1. The summed E-state index contributed by atoms with van der Waals surface area (Å²) in [5, 5.41) is 0.310. The molecule has 4 aromatic carbocycles. The van der Waals surface area contributed by atoms with E-state index in [2.05, 4.69) is 0 Å². The molecule has 0 aliphatic rings. The summed E-state index contributed by atoms with van der Waals surface area (Å²) in [6.07, 6.45) is 0. The fraction of sp³-hybridized carbons (Fsp3) is 0.100. The lowest BCUT2D eigenvalue weighted by atomic mass is 10.1. The van der Waals surface area contributed by atoms with E-state index in [4.69, 9.17) is 18.6 Å². The lowest BCUT2D eigenvalue weighted by molar-refractivity contribution is 0.276. The number of hydrogen-bond acceptors (Lipinski definition) is 5. The molecule has 174 valence electrons. The van der Waals surface area contributed by atoms with Gasteiger partial charge >= 0.3 is 0 Å². The van der Waals surface area contributed by atoms with Gasteiger partial charge in [-0.3, -0.25) is 4.79 Å². The summed E-state index contributed by atoms with van der Waals surface area (Å²) in [5.41, 5.74) is 2.83. The fourth-order valence-corrected chi connectivity index (χ4v) is 3.89. The Morgan fingerprint density at radius 2 is 1.23 bits per heavy atom. The summed E-state index contributed by atoms with van der Waals surface area (Å²) in [6, 6.07) is 32.2. The van der Waals surface area contributed by atoms with Gasteiger partial charge in [0.05, 0.1) is 7.11 Å².